The Kier molecular flexibility index (Phi) is 5.89. The van der Waals surface area contributed by atoms with Gasteiger partial charge < -0.3 is 15.3 Å². The van der Waals surface area contributed by atoms with E-state index < -0.39 is 5.41 Å². The Bertz CT molecular complexity index is 877. The first-order valence-corrected chi connectivity index (χ1v) is 10.6. The highest BCUT2D eigenvalue weighted by atomic mass is 79.9. The molecule has 0 amide bonds. The normalized spacial score (nSPS) is 11.6. The molecule has 0 aliphatic rings. The first-order valence-electron chi connectivity index (χ1n) is 8.26. The van der Waals surface area contributed by atoms with Gasteiger partial charge >= 0.3 is 0 Å². The molecule has 0 bridgehead atoms. The molecule has 0 saturated carbocycles. The van der Waals surface area contributed by atoms with Crippen molar-refractivity contribution in [2.24, 2.45) is 0 Å². The summed E-state index contributed by atoms with van der Waals surface area (Å²) in [7, 11) is 0. The van der Waals surface area contributed by atoms with Gasteiger partial charge in [0.05, 0.1) is 13.4 Å². The summed E-state index contributed by atoms with van der Waals surface area (Å²) >= 11 is 10.2. The molecule has 140 valence electrons. The van der Waals surface area contributed by atoms with Crippen LogP contribution < -0.4 is 0 Å². The molecule has 0 spiro atoms. The highest BCUT2D eigenvalue weighted by molar-refractivity contribution is 9.11. The van der Waals surface area contributed by atoms with Gasteiger partial charge in [0.2, 0.25) is 0 Å². The molecule has 0 fully saturated rings. The minimum absolute atomic E-state index is 0.169. The Morgan fingerprint density at radius 2 is 0.926 bits per heavy atom. The maximum absolute atomic E-state index is 9.96. The maximum atomic E-state index is 9.96. The minimum atomic E-state index is -0.553. The van der Waals surface area contributed by atoms with Gasteiger partial charge in [-0.2, -0.15) is 0 Å². The molecule has 3 nitrogen and oxygen atoms in total. The van der Waals surface area contributed by atoms with E-state index in [4.69, 9.17) is 0 Å². The number of hydrogen-bond acceptors (Lipinski definition) is 3. The summed E-state index contributed by atoms with van der Waals surface area (Å²) in [5.74, 6) is 0.507. The molecule has 0 unspecified atom stereocenters. The van der Waals surface area contributed by atoms with E-state index in [1.54, 1.807) is 18.2 Å². The molecule has 0 radical (unpaired) electrons. The van der Waals surface area contributed by atoms with Crippen molar-refractivity contribution in [1.29, 1.82) is 0 Å². The Labute approximate surface area is 183 Å². The van der Waals surface area contributed by atoms with Crippen molar-refractivity contribution in [3.05, 3.63) is 84.7 Å². The third kappa shape index (κ3) is 3.62. The first kappa shape index (κ1) is 20.2. The maximum Gasteiger partial charge on any atom is 0.129 e. The van der Waals surface area contributed by atoms with Gasteiger partial charge in [0.15, 0.2) is 0 Å². The van der Waals surface area contributed by atoms with Gasteiger partial charge in [-0.3, -0.25) is 0 Å². The molecule has 0 atom stereocenters. The second-order valence-corrected chi connectivity index (χ2v) is 8.82. The molecular weight excluding hydrogens is 540 g/mol. The van der Waals surface area contributed by atoms with E-state index in [-0.39, 0.29) is 17.2 Å². The van der Waals surface area contributed by atoms with Gasteiger partial charge in [-0.25, -0.2) is 0 Å². The van der Waals surface area contributed by atoms with Crippen LogP contribution in [0.25, 0.3) is 0 Å². The largest absolute Gasteiger partial charge is 0.507 e. The van der Waals surface area contributed by atoms with Gasteiger partial charge in [0.1, 0.15) is 17.2 Å². The molecule has 3 rings (SSSR count). The molecule has 6 heteroatoms. The predicted octanol–water partition coefficient (Wildman–Crippen LogP) is 6.84. The number of halogens is 3. The van der Waals surface area contributed by atoms with Crippen molar-refractivity contribution < 1.29 is 15.3 Å². The second kappa shape index (κ2) is 7.86. The van der Waals surface area contributed by atoms with Crippen LogP contribution in [-0.4, -0.2) is 15.3 Å². The molecular formula is C21H17Br3O3. The lowest BCUT2D eigenvalue weighted by atomic mass is 9.67. The van der Waals surface area contributed by atoms with Gasteiger partial charge in [0, 0.05) is 5.41 Å². The highest BCUT2D eigenvalue weighted by Crippen LogP contribution is 2.46. The van der Waals surface area contributed by atoms with E-state index in [1.165, 1.54) is 0 Å². The summed E-state index contributed by atoms with van der Waals surface area (Å²) in [6.07, 6.45) is 0.721. The second-order valence-electron chi connectivity index (χ2n) is 6.26. The fourth-order valence-corrected chi connectivity index (χ4v) is 4.57. The van der Waals surface area contributed by atoms with Crippen molar-refractivity contribution >= 4 is 47.8 Å². The summed E-state index contributed by atoms with van der Waals surface area (Å²) in [5, 5.41) is 29.9. The van der Waals surface area contributed by atoms with E-state index in [2.05, 4.69) is 54.7 Å². The third-order valence-electron chi connectivity index (χ3n) is 4.85. The van der Waals surface area contributed by atoms with E-state index >= 15 is 0 Å². The zero-order valence-corrected chi connectivity index (χ0v) is 19.1. The molecule has 0 heterocycles. The van der Waals surface area contributed by atoms with Gasteiger partial charge in [-0.15, -0.1) is 0 Å². The number of phenols is 3. The van der Waals surface area contributed by atoms with Crippen LogP contribution >= 0.6 is 47.8 Å². The quantitative estimate of drug-likeness (QED) is 0.308. The Hall–Kier alpha value is -1.50. The minimum Gasteiger partial charge on any atom is -0.507 e. The first-order chi connectivity index (χ1) is 12.8. The molecule has 0 aliphatic carbocycles. The van der Waals surface area contributed by atoms with Crippen molar-refractivity contribution in [3.8, 4) is 17.2 Å². The van der Waals surface area contributed by atoms with E-state index in [0.29, 0.717) is 13.4 Å². The van der Waals surface area contributed by atoms with Crippen LogP contribution in [0.2, 0.25) is 0 Å². The van der Waals surface area contributed by atoms with Crippen LogP contribution in [0.3, 0.4) is 0 Å². The Morgan fingerprint density at radius 1 is 0.630 bits per heavy atom. The third-order valence-corrected chi connectivity index (χ3v) is 6.76. The van der Waals surface area contributed by atoms with Crippen LogP contribution in [0.1, 0.15) is 30.0 Å². The number of phenolic OH excluding ortho intramolecular Hbond substituents is 3. The van der Waals surface area contributed by atoms with Crippen molar-refractivity contribution in [3.63, 3.8) is 0 Å². The average Bonchev–Trinajstić information content (AvgIpc) is 2.64. The van der Waals surface area contributed by atoms with Crippen molar-refractivity contribution in [2.45, 2.75) is 18.8 Å². The monoisotopic (exact) mass is 554 g/mol. The van der Waals surface area contributed by atoms with Crippen LogP contribution in [0, 0.1) is 0 Å². The summed E-state index contributed by atoms with van der Waals surface area (Å²) in [6, 6.07) is 16.4. The number of aromatic hydroxyl groups is 3. The van der Waals surface area contributed by atoms with Gasteiger partial charge in [0.25, 0.3) is 0 Å². The summed E-state index contributed by atoms with van der Waals surface area (Å²) in [4.78, 5) is 0. The molecule has 0 aromatic heterocycles. The lowest BCUT2D eigenvalue weighted by Gasteiger charge is -2.35. The van der Waals surface area contributed by atoms with Crippen LogP contribution in [0.15, 0.2) is 68.0 Å². The topological polar surface area (TPSA) is 60.7 Å². The molecule has 0 saturated heterocycles. The molecule has 27 heavy (non-hydrogen) atoms. The van der Waals surface area contributed by atoms with Gasteiger partial charge in [-0.1, -0.05) is 25.1 Å². The van der Waals surface area contributed by atoms with E-state index in [1.807, 2.05) is 36.4 Å². The standard InChI is InChI=1S/C21H17Br3O3/c1-2-21(12-3-6-18(25)15(22)9-12,13-4-7-19(26)16(23)10-13)14-5-8-20(27)17(24)11-14/h3-11,25-27H,2H2,1H3. The van der Waals surface area contributed by atoms with Crippen LogP contribution in [0.5, 0.6) is 17.2 Å². The summed E-state index contributed by atoms with van der Waals surface area (Å²) in [6.45, 7) is 2.09. The van der Waals surface area contributed by atoms with Crippen LogP contribution in [0.4, 0.5) is 0 Å². The molecule has 3 aromatic rings. The van der Waals surface area contributed by atoms with Gasteiger partial charge in [-0.05, 0) is 107 Å². The fourth-order valence-electron chi connectivity index (χ4n) is 3.43. The fraction of sp³-hybridized carbons (Fsp3) is 0.143. The SMILES string of the molecule is CCC(c1ccc(O)c(Br)c1)(c1ccc(O)c(Br)c1)c1ccc(O)c(Br)c1. The lowest BCUT2D eigenvalue weighted by molar-refractivity contribution is 0.469. The average molecular weight is 557 g/mol. The highest BCUT2D eigenvalue weighted by Gasteiger charge is 2.36. The zero-order valence-electron chi connectivity index (χ0n) is 14.4. The summed E-state index contributed by atoms with van der Waals surface area (Å²) < 4.78 is 1.82. The van der Waals surface area contributed by atoms with E-state index in [0.717, 1.165) is 23.1 Å². The Balaban J connectivity index is 2.37. The van der Waals surface area contributed by atoms with E-state index in [9.17, 15) is 15.3 Å². The van der Waals surface area contributed by atoms with Crippen molar-refractivity contribution in [2.75, 3.05) is 0 Å². The lowest BCUT2D eigenvalue weighted by Crippen LogP contribution is -2.28. The molecule has 0 aliphatic heterocycles. The smallest absolute Gasteiger partial charge is 0.129 e. The molecule has 3 aromatic carbocycles. The zero-order chi connectivity index (χ0) is 19.8. The summed E-state index contributed by atoms with van der Waals surface area (Å²) in [5.41, 5.74) is 2.38. The van der Waals surface area contributed by atoms with Crippen molar-refractivity contribution in [1.82, 2.24) is 0 Å². The Morgan fingerprint density at radius 3 is 1.15 bits per heavy atom. The predicted molar refractivity (Wildman–Crippen MR) is 118 cm³/mol. The molecule has 3 N–H and O–H groups in total. The number of rotatable bonds is 4. The van der Waals surface area contributed by atoms with Crippen LogP contribution in [-0.2, 0) is 5.41 Å². The number of benzene rings is 3. The number of hydrogen-bond donors (Lipinski definition) is 3.